The standard InChI is InChI=1S/C23H25N3O4/c1-3-29-18-11-9-17(10-12-18)20-13-14-22(27)26(25-20)16-15-24-23(28)19-7-5-6-8-21(19)30-4-2/h5-14H,3-4,15-16H2,1-2H3,(H,24,28). The summed E-state index contributed by atoms with van der Waals surface area (Å²) in [5.41, 5.74) is 1.78. The van der Waals surface area contributed by atoms with Crippen molar-refractivity contribution in [3.63, 3.8) is 0 Å². The van der Waals surface area contributed by atoms with E-state index in [-0.39, 0.29) is 24.6 Å². The molecule has 0 bridgehead atoms. The van der Waals surface area contributed by atoms with E-state index in [2.05, 4.69) is 10.4 Å². The first-order chi connectivity index (χ1) is 14.6. The van der Waals surface area contributed by atoms with Crippen LogP contribution < -0.4 is 20.3 Å². The number of nitrogens with zero attached hydrogens (tertiary/aromatic N) is 2. The molecule has 1 amide bonds. The highest BCUT2D eigenvalue weighted by Crippen LogP contribution is 2.20. The van der Waals surface area contributed by atoms with Gasteiger partial charge in [0.1, 0.15) is 11.5 Å². The van der Waals surface area contributed by atoms with Gasteiger partial charge >= 0.3 is 0 Å². The van der Waals surface area contributed by atoms with Gasteiger partial charge in [0.25, 0.3) is 11.5 Å². The second kappa shape index (κ2) is 10.2. The molecule has 0 unspecified atom stereocenters. The van der Waals surface area contributed by atoms with Crippen molar-refractivity contribution in [1.82, 2.24) is 15.1 Å². The molecule has 0 aliphatic carbocycles. The number of carbonyl (C=O) groups excluding carboxylic acids is 1. The van der Waals surface area contributed by atoms with Crippen LogP contribution in [0.3, 0.4) is 0 Å². The van der Waals surface area contributed by atoms with Gasteiger partial charge in [0.2, 0.25) is 0 Å². The van der Waals surface area contributed by atoms with Crippen molar-refractivity contribution in [2.24, 2.45) is 0 Å². The number of rotatable bonds is 9. The highest BCUT2D eigenvalue weighted by molar-refractivity contribution is 5.96. The lowest BCUT2D eigenvalue weighted by Gasteiger charge is -2.11. The number of hydrogen-bond acceptors (Lipinski definition) is 5. The molecule has 7 heteroatoms. The topological polar surface area (TPSA) is 82.5 Å². The molecule has 3 rings (SSSR count). The van der Waals surface area contributed by atoms with Crippen LogP contribution in [-0.2, 0) is 6.54 Å². The highest BCUT2D eigenvalue weighted by Gasteiger charge is 2.11. The molecule has 0 atom stereocenters. The van der Waals surface area contributed by atoms with Gasteiger partial charge in [-0.1, -0.05) is 12.1 Å². The average molecular weight is 407 g/mol. The van der Waals surface area contributed by atoms with E-state index in [1.54, 1.807) is 24.3 Å². The van der Waals surface area contributed by atoms with Crippen LogP contribution in [0.2, 0.25) is 0 Å². The van der Waals surface area contributed by atoms with E-state index >= 15 is 0 Å². The van der Waals surface area contributed by atoms with Crippen molar-refractivity contribution in [2.45, 2.75) is 20.4 Å². The Labute approximate surface area is 175 Å². The van der Waals surface area contributed by atoms with Crippen LogP contribution in [0, 0.1) is 0 Å². The first-order valence-electron chi connectivity index (χ1n) is 9.93. The molecule has 30 heavy (non-hydrogen) atoms. The molecule has 1 aromatic heterocycles. The minimum absolute atomic E-state index is 0.228. The first-order valence-corrected chi connectivity index (χ1v) is 9.93. The molecule has 0 radical (unpaired) electrons. The van der Waals surface area contributed by atoms with E-state index in [9.17, 15) is 9.59 Å². The van der Waals surface area contributed by atoms with Gasteiger partial charge in [-0.05, 0) is 56.3 Å². The molecule has 156 valence electrons. The molecule has 0 saturated heterocycles. The summed E-state index contributed by atoms with van der Waals surface area (Å²) in [5.74, 6) is 1.06. The van der Waals surface area contributed by atoms with Crippen molar-refractivity contribution in [3.8, 4) is 22.8 Å². The van der Waals surface area contributed by atoms with E-state index in [1.807, 2.05) is 44.2 Å². The highest BCUT2D eigenvalue weighted by atomic mass is 16.5. The summed E-state index contributed by atoms with van der Waals surface area (Å²) < 4.78 is 12.3. The monoisotopic (exact) mass is 407 g/mol. The SMILES string of the molecule is CCOc1ccc(-c2ccc(=O)n(CCNC(=O)c3ccccc3OCC)n2)cc1. The maximum Gasteiger partial charge on any atom is 0.266 e. The van der Waals surface area contributed by atoms with Crippen LogP contribution >= 0.6 is 0 Å². The summed E-state index contributed by atoms with van der Waals surface area (Å²) in [5, 5.41) is 7.24. The van der Waals surface area contributed by atoms with Crippen molar-refractivity contribution in [1.29, 1.82) is 0 Å². The van der Waals surface area contributed by atoms with Crippen molar-refractivity contribution in [3.05, 3.63) is 76.6 Å². The fraction of sp³-hybridized carbons (Fsp3) is 0.261. The average Bonchev–Trinajstić information content (AvgIpc) is 2.76. The largest absolute Gasteiger partial charge is 0.494 e. The normalized spacial score (nSPS) is 10.5. The van der Waals surface area contributed by atoms with Gasteiger partial charge in [-0.15, -0.1) is 0 Å². The predicted octanol–water partition coefficient (Wildman–Crippen LogP) is 3.14. The Morgan fingerprint density at radius 2 is 1.70 bits per heavy atom. The molecule has 1 N–H and O–H groups in total. The van der Waals surface area contributed by atoms with Gasteiger partial charge in [0, 0.05) is 18.2 Å². The molecule has 0 saturated carbocycles. The molecular formula is C23H25N3O4. The number of hydrogen-bond donors (Lipinski definition) is 1. The Morgan fingerprint density at radius 1 is 0.967 bits per heavy atom. The zero-order valence-corrected chi connectivity index (χ0v) is 17.1. The Balaban J connectivity index is 1.66. The van der Waals surface area contributed by atoms with E-state index in [0.717, 1.165) is 11.3 Å². The third-order valence-corrected chi connectivity index (χ3v) is 4.37. The van der Waals surface area contributed by atoms with Crippen LogP contribution in [-0.4, -0.2) is 35.4 Å². The lowest BCUT2D eigenvalue weighted by molar-refractivity contribution is 0.0948. The minimum Gasteiger partial charge on any atom is -0.494 e. The van der Waals surface area contributed by atoms with Gasteiger partial charge in [0.15, 0.2) is 0 Å². The summed E-state index contributed by atoms with van der Waals surface area (Å²) in [6.07, 6.45) is 0. The third kappa shape index (κ3) is 5.26. The molecule has 0 fully saturated rings. The number of carbonyl (C=O) groups is 1. The predicted molar refractivity (Wildman–Crippen MR) is 115 cm³/mol. The van der Waals surface area contributed by atoms with Crippen LogP contribution in [0.4, 0.5) is 0 Å². The molecule has 1 heterocycles. The van der Waals surface area contributed by atoms with E-state index < -0.39 is 0 Å². The Bertz CT molecular complexity index is 1040. The first kappa shape index (κ1) is 21.1. The zero-order chi connectivity index (χ0) is 21.3. The van der Waals surface area contributed by atoms with Crippen LogP contribution in [0.15, 0.2) is 65.5 Å². The van der Waals surface area contributed by atoms with Crippen molar-refractivity contribution < 1.29 is 14.3 Å². The van der Waals surface area contributed by atoms with E-state index in [1.165, 1.54) is 10.7 Å². The Hall–Kier alpha value is -3.61. The smallest absolute Gasteiger partial charge is 0.266 e. The Kier molecular flexibility index (Phi) is 7.21. The second-order valence-electron chi connectivity index (χ2n) is 6.42. The Morgan fingerprint density at radius 3 is 2.43 bits per heavy atom. The summed E-state index contributed by atoms with van der Waals surface area (Å²) in [4.78, 5) is 24.7. The summed E-state index contributed by atoms with van der Waals surface area (Å²) in [7, 11) is 0. The van der Waals surface area contributed by atoms with Gasteiger partial charge in [-0.2, -0.15) is 5.10 Å². The molecule has 3 aromatic rings. The number of amides is 1. The number of para-hydroxylation sites is 1. The third-order valence-electron chi connectivity index (χ3n) is 4.37. The maximum atomic E-state index is 12.5. The second-order valence-corrected chi connectivity index (χ2v) is 6.42. The zero-order valence-electron chi connectivity index (χ0n) is 17.1. The number of benzene rings is 2. The van der Waals surface area contributed by atoms with Gasteiger partial charge in [-0.3, -0.25) is 9.59 Å². The van der Waals surface area contributed by atoms with Gasteiger partial charge < -0.3 is 14.8 Å². The summed E-state index contributed by atoms with van der Waals surface area (Å²) in [6, 6.07) is 17.8. The molecule has 0 aliphatic heterocycles. The fourth-order valence-corrected chi connectivity index (χ4v) is 2.96. The quantitative estimate of drug-likeness (QED) is 0.589. The number of nitrogens with one attached hydrogen (secondary N) is 1. The number of aromatic nitrogens is 2. The van der Waals surface area contributed by atoms with Gasteiger partial charge in [-0.25, -0.2) is 4.68 Å². The van der Waals surface area contributed by atoms with E-state index in [4.69, 9.17) is 9.47 Å². The van der Waals surface area contributed by atoms with Crippen LogP contribution in [0.25, 0.3) is 11.3 Å². The maximum absolute atomic E-state index is 12.5. The van der Waals surface area contributed by atoms with Crippen molar-refractivity contribution >= 4 is 5.91 Å². The summed E-state index contributed by atoms with van der Waals surface area (Å²) >= 11 is 0. The number of ether oxygens (including phenoxy) is 2. The lowest BCUT2D eigenvalue weighted by atomic mass is 10.1. The van der Waals surface area contributed by atoms with Crippen molar-refractivity contribution in [2.75, 3.05) is 19.8 Å². The molecular weight excluding hydrogens is 382 g/mol. The molecule has 0 aliphatic rings. The molecule has 0 spiro atoms. The van der Waals surface area contributed by atoms with E-state index in [0.29, 0.717) is 30.2 Å². The molecule has 7 nitrogen and oxygen atoms in total. The molecule has 2 aromatic carbocycles. The van der Waals surface area contributed by atoms with Crippen LogP contribution in [0.1, 0.15) is 24.2 Å². The van der Waals surface area contributed by atoms with Crippen LogP contribution in [0.5, 0.6) is 11.5 Å². The van der Waals surface area contributed by atoms with Gasteiger partial charge in [0.05, 0.1) is 31.0 Å². The lowest BCUT2D eigenvalue weighted by Crippen LogP contribution is -2.32. The minimum atomic E-state index is -0.255. The summed E-state index contributed by atoms with van der Waals surface area (Å²) in [6.45, 7) is 5.39. The fourth-order valence-electron chi connectivity index (χ4n) is 2.96.